The first-order valence-corrected chi connectivity index (χ1v) is 4.39. The predicted molar refractivity (Wildman–Crippen MR) is 57.9 cm³/mol. The normalized spacial score (nSPS) is 11.4. The van der Waals surface area contributed by atoms with Crippen LogP contribution in [-0.4, -0.2) is 12.3 Å². The number of rotatable bonds is 5. The van der Waals surface area contributed by atoms with Crippen LogP contribution in [0.2, 0.25) is 0 Å². The first-order chi connectivity index (χ1) is 6.52. The summed E-state index contributed by atoms with van der Waals surface area (Å²) in [5, 5.41) is 0. The molecule has 0 saturated carbocycles. The monoisotopic (exact) mass is 197 g/mol. The maximum atomic E-state index is 13.2. The van der Waals surface area contributed by atoms with Gasteiger partial charge in [-0.3, -0.25) is 4.99 Å². The quantitative estimate of drug-likeness (QED) is 0.376. The summed E-state index contributed by atoms with van der Waals surface area (Å²) in [4.78, 5) is 3.99. The van der Waals surface area contributed by atoms with Gasteiger partial charge in [-0.25, -0.2) is 4.39 Å². The average Bonchev–Trinajstić information content (AvgIpc) is 2.13. The van der Waals surface area contributed by atoms with E-state index in [9.17, 15) is 4.39 Å². The Labute approximate surface area is 84.5 Å². The largest absolute Gasteiger partial charge is 0.492 e. The number of ether oxygens (including phenoxy) is 1. The highest BCUT2D eigenvalue weighted by Crippen LogP contribution is 2.18. The molecule has 0 aliphatic heterocycles. The predicted octanol–water partition coefficient (Wildman–Crippen LogP) is 3.38. The molecule has 0 fully saturated rings. The summed E-state index contributed by atoms with van der Waals surface area (Å²) >= 11 is 0. The highest BCUT2D eigenvalue weighted by Gasteiger charge is 2.07. The molecule has 0 bridgehead atoms. The third kappa shape index (κ3) is 4.03. The van der Waals surface area contributed by atoms with Crippen LogP contribution in [0.15, 0.2) is 41.5 Å². The molecule has 0 aromatic rings. The minimum absolute atomic E-state index is 0.113. The third-order valence-electron chi connectivity index (χ3n) is 1.32. The second kappa shape index (κ2) is 6.13. The van der Waals surface area contributed by atoms with Crippen LogP contribution in [0.1, 0.15) is 20.8 Å². The van der Waals surface area contributed by atoms with Gasteiger partial charge >= 0.3 is 0 Å². The fourth-order valence-corrected chi connectivity index (χ4v) is 0.812. The molecule has 0 aromatic heterocycles. The number of aliphatic imine (C=N–C) groups is 1. The van der Waals surface area contributed by atoms with Crippen molar-refractivity contribution in [3.63, 3.8) is 0 Å². The van der Waals surface area contributed by atoms with Crippen LogP contribution in [0, 0.1) is 0 Å². The van der Waals surface area contributed by atoms with Gasteiger partial charge in [0.25, 0.3) is 0 Å². The molecular weight excluding hydrogens is 181 g/mol. The zero-order valence-corrected chi connectivity index (χ0v) is 8.93. The second-order valence-electron chi connectivity index (χ2n) is 2.82. The van der Waals surface area contributed by atoms with Crippen molar-refractivity contribution in [2.75, 3.05) is 6.61 Å². The molecule has 78 valence electrons. The van der Waals surface area contributed by atoms with Crippen molar-refractivity contribution in [2.45, 2.75) is 20.8 Å². The topological polar surface area (TPSA) is 21.6 Å². The molecule has 14 heavy (non-hydrogen) atoms. The van der Waals surface area contributed by atoms with Crippen molar-refractivity contribution in [3.8, 4) is 0 Å². The van der Waals surface area contributed by atoms with Crippen LogP contribution in [0.5, 0.6) is 0 Å². The molecule has 0 unspecified atom stereocenters. The number of allylic oxidation sites excluding steroid dienone is 2. The van der Waals surface area contributed by atoms with E-state index < -0.39 is 5.83 Å². The first kappa shape index (κ1) is 12.6. The van der Waals surface area contributed by atoms with Crippen LogP contribution in [0.25, 0.3) is 0 Å². The smallest absolute Gasteiger partial charge is 0.151 e. The Kier molecular flexibility index (Phi) is 5.53. The Bertz CT molecular complexity index is 286. The summed E-state index contributed by atoms with van der Waals surface area (Å²) in [6.45, 7) is 12.7. The lowest BCUT2D eigenvalue weighted by atomic mass is 10.3. The van der Waals surface area contributed by atoms with Gasteiger partial charge in [0.2, 0.25) is 0 Å². The summed E-state index contributed by atoms with van der Waals surface area (Å²) in [5.41, 5.74) is 0.847. The molecule has 0 saturated heterocycles. The molecule has 0 heterocycles. The summed E-state index contributed by atoms with van der Waals surface area (Å²) in [5.74, 6) is -0.296. The molecule has 0 aromatic carbocycles. The Morgan fingerprint density at radius 2 is 2.07 bits per heavy atom. The maximum absolute atomic E-state index is 13.2. The molecule has 0 amide bonds. The van der Waals surface area contributed by atoms with E-state index in [2.05, 4.69) is 18.2 Å². The van der Waals surface area contributed by atoms with E-state index in [1.165, 1.54) is 0 Å². The van der Waals surface area contributed by atoms with E-state index in [-0.39, 0.29) is 11.5 Å². The Morgan fingerprint density at radius 1 is 1.50 bits per heavy atom. The van der Waals surface area contributed by atoms with Crippen molar-refractivity contribution in [1.82, 2.24) is 0 Å². The minimum atomic E-state index is -0.523. The Hall–Kier alpha value is -1.38. The second-order valence-corrected chi connectivity index (χ2v) is 2.82. The fourth-order valence-electron chi connectivity index (χ4n) is 0.812. The van der Waals surface area contributed by atoms with Crippen molar-refractivity contribution >= 4 is 5.71 Å². The van der Waals surface area contributed by atoms with Crippen molar-refractivity contribution in [3.05, 3.63) is 36.5 Å². The van der Waals surface area contributed by atoms with Crippen molar-refractivity contribution < 1.29 is 9.13 Å². The molecule has 0 N–H and O–H groups in total. The van der Waals surface area contributed by atoms with E-state index >= 15 is 0 Å². The summed E-state index contributed by atoms with van der Waals surface area (Å²) in [6, 6.07) is 0. The van der Waals surface area contributed by atoms with Crippen LogP contribution in [-0.2, 0) is 4.74 Å². The first-order valence-electron chi connectivity index (χ1n) is 4.39. The van der Waals surface area contributed by atoms with Gasteiger partial charge < -0.3 is 4.74 Å². The number of hydrogen-bond donors (Lipinski definition) is 0. The maximum Gasteiger partial charge on any atom is 0.151 e. The van der Waals surface area contributed by atoms with E-state index in [0.29, 0.717) is 6.61 Å². The zero-order valence-electron chi connectivity index (χ0n) is 8.93. The summed E-state index contributed by atoms with van der Waals surface area (Å²) in [6.07, 6.45) is 1.09. The van der Waals surface area contributed by atoms with E-state index in [0.717, 1.165) is 11.8 Å². The van der Waals surface area contributed by atoms with Crippen LogP contribution in [0.4, 0.5) is 4.39 Å². The van der Waals surface area contributed by atoms with Gasteiger partial charge in [0.05, 0.1) is 6.61 Å². The van der Waals surface area contributed by atoms with Crippen LogP contribution < -0.4 is 0 Å². The molecule has 0 radical (unpaired) electrons. The van der Waals surface area contributed by atoms with Gasteiger partial charge in [-0.05, 0) is 26.8 Å². The van der Waals surface area contributed by atoms with Crippen molar-refractivity contribution in [1.29, 1.82) is 0 Å². The highest BCUT2D eigenvalue weighted by atomic mass is 19.1. The van der Waals surface area contributed by atoms with Gasteiger partial charge in [0.15, 0.2) is 5.83 Å². The van der Waals surface area contributed by atoms with Gasteiger partial charge in [-0.2, -0.15) is 0 Å². The lowest BCUT2D eigenvalue weighted by Crippen LogP contribution is -1.96. The number of halogens is 1. The zero-order chi connectivity index (χ0) is 11.1. The molecule has 0 spiro atoms. The average molecular weight is 197 g/mol. The number of nitrogens with zero attached hydrogens (tertiary/aromatic N) is 1. The molecule has 0 aliphatic carbocycles. The van der Waals surface area contributed by atoms with E-state index in [1.54, 1.807) is 20.8 Å². The lowest BCUT2D eigenvalue weighted by molar-refractivity contribution is 0.237. The molecule has 0 aliphatic rings. The van der Waals surface area contributed by atoms with Crippen LogP contribution in [0.3, 0.4) is 0 Å². The fraction of sp³-hybridized carbons (Fsp3) is 0.364. The molecule has 0 atom stereocenters. The van der Waals surface area contributed by atoms with E-state index in [1.807, 2.05) is 0 Å². The number of hydrogen-bond acceptors (Lipinski definition) is 2. The molecule has 2 nitrogen and oxygen atoms in total. The van der Waals surface area contributed by atoms with Gasteiger partial charge in [0, 0.05) is 5.71 Å². The SMILES string of the molecule is C=C/C(F)=C(\N=C(C)C)C(=C)OCC. The van der Waals surface area contributed by atoms with Gasteiger partial charge in [0.1, 0.15) is 11.5 Å². The highest BCUT2D eigenvalue weighted by molar-refractivity contribution is 5.80. The standard InChI is InChI=1S/C11H16FNO/c1-6-10(12)11(13-8(3)4)9(5)14-7-2/h6H,1,5,7H2,2-4H3/b11-10+. The van der Waals surface area contributed by atoms with Gasteiger partial charge in [-0.1, -0.05) is 13.2 Å². The minimum Gasteiger partial charge on any atom is -0.492 e. The van der Waals surface area contributed by atoms with Gasteiger partial charge in [-0.15, -0.1) is 0 Å². The Morgan fingerprint density at radius 3 is 2.43 bits per heavy atom. The van der Waals surface area contributed by atoms with E-state index in [4.69, 9.17) is 4.74 Å². The summed E-state index contributed by atoms with van der Waals surface area (Å²) < 4.78 is 18.3. The Balaban J connectivity index is 5.02. The molecule has 3 heteroatoms. The molecule has 0 rings (SSSR count). The summed E-state index contributed by atoms with van der Waals surface area (Å²) in [7, 11) is 0. The third-order valence-corrected chi connectivity index (χ3v) is 1.32. The van der Waals surface area contributed by atoms with Crippen molar-refractivity contribution in [2.24, 2.45) is 4.99 Å². The van der Waals surface area contributed by atoms with Crippen LogP contribution >= 0.6 is 0 Å². The molecular formula is C11H16FNO. The lowest BCUT2D eigenvalue weighted by Gasteiger charge is -2.07.